The minimum Gasteiger partial charge on any atom is -0.325 e. The Labute approximate surface area is 121 Å². The van der Waals surface area contributed by atoms with Crippen molar-refractivity contribution in [1.29, 1.82) is 0 Å². The molecule has 18 heavy (non-hydrogen) atoms. The standard InChI is InChI=1S/C11H12Br2N2O3/c1-6(2)10(13)11(16)14-7-3-4-8(12)9(5-7)15(17)18/h3-6,10H,1-2H3,(H,14,16). The van der Waals surface area contributed by atoms with E-state index >= 15 is 0 Å². The number of nitrogens with one attached hydrogen (secondary N) is 1. The molecule has 1 rings (SSSR count). The van der Waals surface area contributed by atoms with E-state index in [1.54, 1.807) is 6.07 Å². The monoisotopic (exact) mass is 378 g/mol. The first-order chi connectivity index (χ1) is 8.32. The van der Waals surface area contributed by atoms with E-state index in [2.05, 4.69) is 37.2 Å². The van der Waals surface area contributed by atoms with Crippen LogP contribution in [0.5, 0.6) is 0 Å². The number of nitro groups is 1. The number of amides is 1. The summed E-state index contributed by atoms with van der Waals surface area (Å²) in [5.41, 5.74) is 0.323. The molecule has 0 aliphatic heterocycles. The van der Waals surface area contributed by atoms with Crippen LogP contribution in [0.25, 0.3) is 0 Å². The Bertz CT molecular complexity index is 477. The Morgan fingerprint density at radius 2 is 2.06 bits per heavy atom. The summed E-state index contributed by atoms with van der Waals surface area (Å²) in [5, 5.41) is 13.4. The van der Waals surface area contributed by atoms with Crippen LogP contribution in [-0.4, -0.2) is 15.7 Å². The van der Waals surface area contributed by atoms with Crippen LogP contribution >= 0.6 is 31.9 Å². The van der Waals surface area contributed by atoms with Crippen LogP contribution in [0.15, 0.2) is 22.7 Å². The normalized spacial score (nSPS) is 12.3. The van der Waals surface area contributed by atoms with Crippen molar-refractivity contribution in [2.75, 3.05) is 5.32 Å². The van der Waals surface area contributed by atoms with Crippen LogP contribution in [0.3, 0.4) is 0 Å². The second-order valence-electron chi connectivity index (χ2n) is 4.06. The summed E-state index contributed by atoms with van der Waals surface area (Å²) in [4.78, 5) is 21.7. The molecule has 0 aliphatic rings. The van der Waals surface area contributed by atoms with Gasteiger partial charge in [-0.3, -0.25) is 14.9 Å². The van der Waals surface area contributed by atoms with Gasteiger partial charge in [0, 0.05) is 11.8 Å². The Morgan fingerprint density at radius 3 is 2.56 bits per heavy atom. The Morgan fingerprint density at radius 1 is 1.44 bits per heavy atom. The van der Waals surface area contributed by atoms with Crippen molar-refractivity contribution in [3.05, 3.63) is 32.8 Å². The molecule has 0 aromatic heterocycles. The first-order valence-corrected chi connectivity index (χ1v) is 6.92. The molecule has 0 fully saturated rings. The molecule has 1 aromatic carbocycles. The largest absolute Gasteiger partial charge is 0.325 e. The average molecular weight is 380 g/mol. The summed E-state index contributed by atoms with van der Waals surface area (Å²) in [6, 6.07) is 4.46. The summed E-state index contributed by atoms with van der Waals surface area (Å²) >= 11 is 6.36. The number of nitro benzene ring substituents is 1. The second-order valence-corrected chi connectivity index (χ2v) is 5.90. The number of hydrogen-bond acceptors (Lipinski definition) is 3. The zero-order valence-electron chi connectivity index (χ0n) is 9.81. The number of carbonyl (C=O) groups is 1. The Balaban J connectivity index is 2.89. The van der Waals surface area contributed by atoms with Gasteiger partial charge >= 0.3 is 0 Å². The summed E-state index contributed by atoms with van der Waals surface area (Å²) in [6.07, 6.45) is 0. The van der Waals surface area contributed by atoms with Gasteiger partial charge in [0.15, 0.2) is 0 Å². The molecule has 7 heteroatoms. The molecule has 1 N–H and O–H groups in total. The predicted octanol–water partition coefficient (Wildman–Crippen LogP) is 3.72. The van der Waals surface area contributed by atoms with Gasteiger partial charge in [0.25, 0.3) is 5.69 Å². The number of benzene rings is 1. The first kappa shape index (κ1) is 15.1. The van der Waals surface area contributed by atoms with E-state index in [1.165, 1.54) is 12.1 Å². The Hall–Kier alpha value is -0.950. The number of alkyl halides is 1. The van der Waals surface area contributed by atoms with Crippen LogP contribution in [0.1, 0.15) is 13.8 Å². The fourth-order valence-corrected chi connectivity index (χ4v) is 1.75. The van der Waals surface area contributed by atoms with Crippen molar-refractivity contribution in [3.63, 3.8) is 0 Å². The lowest BCUT2D eigenvalue weighted by molar-refractivity contribution is -0.385. The minimum atomic E-state index is -0.506. The quantitative estimate of drug-likeness (QED) is 0.492. The van der Waals surface area contributed by atoms with E-state index in [4.69, 9.17) is 0 Å². The number of nitrogens with zero attached hydrogens (tertiary/aromatic N) is 1. The lowest BCUT2D eigenvalue weighted by Crippen LogP contribution is -2.26. The molecule has 1 atom stereocenters. The molecule has 0 aliphatic carbocycles. The van der Waals surface area contributed by atoms with Crippen molar-refractivity contribution < 1.29 is 9.72 Å². The molecule has 1 unspecified atom stereocenters. The van der Waals surface area contributed by atoms with Crippen molar-refractivity contribution in [2.45, 2.75) is 18.7 Å². The zero-order valence-corrected chi connectivity index (χ0v) is 13.0. The van der Waals surface area contributed by atoms with Gasteiger partial charge in [-0.2, -0.15) is 0 Å². The number of anilines is 1. The molecule has 5 nitrogen and oxygen atoms in total. The molecule has 0 heterocycles. The van der Waals surface area contributed by atoms with E-state index in [0.717, 1.165) is 0 Å². The molecule has 0 saturated carbocycles. The number of rotatable bonds is 4. The molecule has 1 amide bonds. The molecule has 98 valence electrons. The molecule has 0 bridgehead atoms. The van der Waals surface area contributed by atoms with Crippen LogP contribution in [0, 0.1) is 16.0 Å². The average Bonchev–Trinajstić information content (AvgIpc) is 2.29. The van der Waals surface area contributed by atoms with Crippen LogP contribution in [0.4, 0.5) is 11.4 Å². The van der Waals surface area contributed by atoms with Crippen molar-refractivity contribution in [1.82, 2.24) is 0 Å². The fourth-order valence-electron chi connectivity index (χ4n) is 1.24. The predicted molar refractivity (Wildman–Crippen MR) is 77.0 cm³/mol. The summed E-state index contributed by atoms with van der Waals surface area (Å²) in [7, 11) is 0. The van der Waals surface area contributed by atoms with Gasteiger partial charge in [0.2, 0.25) is 5.91 Å². The van der Waals surface area contributed by atoms with E-state index < -0.39 is 4.92 Å². The van der Waals surface area contributed by atoms with Gasteiger partial charge in [-0.1, -0.05) is 29.8 Å². The maximum Gasteiger partial charge on any atom is 0.285 e. The maximum absolute atomic E-state index is 11.8. The molecule has 1 aromatic rings. The fraction of sp³-hybridized carbons (Fsp3) is 0.364. The molecule has 0 radical (unpaired) electrons. The highest BCUT2D eigenvalue weighted by Crippen LogP contribution is 2.28. The minimum absolute atomic E-state index is 0.0801. The van der Waals surface area contributed by atoms with Gasteiger partial charge in [-0.15, -0.1) is 0 Å². The zero-order chi connectivity index (χ0) is 13.9. The number of halogens is 2. The highest BCUT2D eigenvalue weighted by atomic mass is 79.9. The van der Waals surface area contributed by atoms with E-state index in [9.17, 15) is 14.9 Å². The Kier molecular flexibility index (Phi) is 5.28. The summed E-state index contributed by atoms with van der Waals surface area (Å²) in [5.74, 6) is -0.0861. The highest BCUT2D eigenvalue weighted by molar-refractivity contribution is 9.10. The van der Waals surface area contributed by atoms with Gasteiger partial charge < -0.3 is 5.32 Å². The second kappa shape index (κ2) is 6.29. The summed E-state index contributed by atoms with van der Waals surface area (Å²) in [6.45, 7) is 3.81. The smallest absolute Gasteiger partial charge is 0.285 e. The van der Waals surface area contributed by atoms with Crippen LogP contribution in [0.2, 0.25) is 0 Å². The highest BCUT2D eigenvalue weighted by Gasteiger charge is 2.20. The molecule has 0 spiro atoms. The van der Waals surface area contributed by atoms with Crippen molar-refractivity contribution >= 4 is 49.1 Å². The van der Waals surface area contributed by atoms with E-state index in [0.29, 0.717) is 10.2 Å². The third kappa shape index (κ3) is 3.78. The number of carbonyl (C=O) groups excluding carboxylic acids is 1. The third-order valence-corrected chi connectivity index (χ3v) is 4.39. The molecular weight excluding hydrogens is 368 g/mol. The third-order valence-electron chi connectivity index (χ3n) is 2.25. The lowest BCUT2D eigenvalue weighted by atomic mass is 10.1. The molecular formula is C11H12Br2N2O3. The molecule has 0 saturated heterocycles. The lowest BCUT2D eigenvalue weighted by Gasteiger charge is -2.13. The van der Waals surface area contributed by atoms with Gasteiger partial charge in [-0.05, 0) is 34.0 Å². The van der Waals surface area contributed by atoms with E-state index in [-0.39, 0.29) is 22.3 Å². The maximum atomic E-state index is 11.8. The SMILES string of the molecule is CC(C)C(Br)C(=O)Nc1ccc(Br)c([N+](=O)[O-])c1. The van der Waals surface area contributed by atoms with Gasteiger partial charge in [0.1, 0.15) is 0 Å². The van der Waals surface area contributed by atoms with E-state index in [1.807, 2.05) is 13.8 Å². The van der Waals surface area contributed by atoms with Crippen LogP contribution in [-0.2, 0) is 4.79 Å². The summed E-state index contributed by atoms with van der Waals surface area (Å²) < 4.78 is 0.379. The first-order valence-electron chi connectivity index (χ1n) is 5.21. The van der Waals surface area contributed by atoms with Crippen molar-refractivity contribution in [2.24, 2.45) is 5.92 Å². The van der Waals surface area contributed by atoms with Gasteiger partial charge in [0.05, 0.1) is 14.2 Å². The van der Waals surface area contributed by atoms with Gasteiger partial charge in [-0.25, -0.2) is 0 Å². The topological polar surface area (TPSA) is 72.2 Å². The number of hydrogen-bond donors (Lipinski definition) is 1. The van der Waals surface area contributed by atoms with Crippen LogP contribution < -0.4 is 5.32 Å². The van der Waals surface area contributed by atoms with Crippen molar-refractivity contribution in [3.8, 4) is 0 Å².